The topological polar surface area (TPSA) is 75.6 Å². The fourth-order valence-corrected chi connectivity index (χ4v) is 0.663. The summed E-state index contributed by atoms with van der Waals surface area (Å²) in [5.74, 6) is 4.02. The van der Waals surface area contributed by atoms with Gasteiger partial charge < -0.3 is 4.74 Å². The van der Waals surface area contributed by atoms with E-state index in [1.54, 1.807) is 0 Å². The highest BCUT2D eigenvalue weighted by molar-refractivity contribution is 7.77. The van der Waals surface area contributed by atoms with Crippen LogP contribution >= 0.6 is 0 Å². The number of rotatable bonds is 3. The van der Waals surface area contributed by atoms with E-state index in [2.05, 4.69) is 21.3 Å². The maximum atomic E-state index is 10.4. The summed E-state index contributed by atoms with van der Waals surface area (Å²) >= 11 is -2.02. The maximum absolute atomic E-state index is 10.4. The molecule has 0 amide bonds. The Hall–Kier alpha value is -0.900. The average Bonchev–Trinajstić information content (AvgIpc) is 2.03. The molecule has 0 aromatic rings. The van der Waals surface area contributed by atoms with Gasteiger partial charge in [0, 0.05) is 18.9 Å². The number of nitrogens with one attached hydrogen (secondary N) is 1. The van der Waals surface area contributed by atoms with Gasteiger partial charge in [0.25, 0.3) is 0 Å². The molecular weight excluding hydrogens is 182 g/mol. The zero-order valence-electron chi connectivity index (χ0n) is 6.49. The van der Waals surface area contributed by atoms with Crippen molar-refractivity contribution in [2.24, 2.45) is 0 Å². The predicted octanol–water partition coefficient (Wildman–Crippen LogP) is -0.721. The Kier molecular flexibility index (Phi) is 6.28. The fraction of sp³-hybridized carbons (Fsp3) is 0.500. The summed E-state index contributed by atoms with van der Waals surface area (Å²) < 4.78 is 24.7. The average molecular weight is 191 g/mol. The molecule has 0 aliphatic carbocycles. The summed E-state index contributed by atoms with van der Waals surface area (Å²) in [6.45, 7) is 0.257. The van der Waals surface area contributed by atoms with Crippen LogP contribution in [0.3, 0.4) is 0 Å². The normalized spacial score (nSPS) is 11.2. The van der Waals surface area contributed by atoms with Gasteiger partial charge in [0.05, 0.1) is 7.11 Å². The minimum absolute atomic E-state index is 0.257. The number of carbonyl (C=O) groups is 1. The summed E-state index contributed by atoms with van der Waals surface area (Å²) in [7, 11) is 1.23. The molecule has 0 aliphatic rings. The second kappa shape index (κ2) is 6.79. The van der Waals surface area contributed by atoms with Crippen LogP contribution in [0.5, 0.6) is 0 Å². The van der Waals surface area contributed by atoms with Crippen LogP contribution in [0.4, 0.5) is 0 Å². The van der Waals surface area contributed by atoms with Gasteiger partial charge in [-0.1, -0.05) is 5.92 Å². The number of methoxy groups -OCH3 is 1. The van der Waals surface area contributed by atoms with Crippen molar-refractivity contribution in [1.29, 1.82) is 0 Å². The van der Waals surface area contributed by atoms with E-state index in [0.29, 0.717) is 6.42 Å². The van der Waals surface area contributed by atoms with Crippen molar-refractivity contribution in [2.75, 3.05) is 13.7 Å². The molecular formula is C6H9NO4S. The molecule has 5 nitrogen and oxygen atoms in total. The van der Waals surface area contributed by atoms with Crippen molar-refractivity contribution in [1.82, 2.24) is 4.72 Å². The second-order valence-corrected chi connectivity index (χ2v) is 2.47. The van der Waals surface area contributed by atoms with Crippen LogP contribution in [0.1, 0.15) is 6.42 Å². The summed E-state index contributed by atoms with van der Waals surface area (Å²) in [4.78, 5) is 10.4. The van der Waals surface area contributed by atoms with Crippen molar-refractivity contribution in [3.8, 4) is 11.8 Å². The van der Waals surface area contributed by atoms with Crippen LogP contribution < -0.4 is 4.72 Å². The third kappa shape index (κ3) is 7.21. The zero-order valence-corrected chi connectivity index (χ0v) is 7.31. The van der Waals surface area contributed by atoms with Gasteiger partial charge in [-0.15, -0.1) is 0 Å². The number of esters is 1. The smallest absolute Gasteiger partial charge is 0.384 e. The first-order valence-corrected chi connectivity index (χ1v) is 4.18. The van der Waals surface area contributed by atoms with Crippen molar-refractivity contribution in [3.05, 3.63) is 0 Å². The van der Waals surface area contributed by atoms with Gasteiger partial charge in [0.2, 0.25) is 11.3 Å². The third-order valence-electron chi connectivity index (χ3n) is 0.851. The molecule has 0 spiro atoms. The minimum Gasteiger partial charge on any atom is -0.459 e. The van der Waals surface area contributed by atoms with E-state index in [4.69, 9.17) is 4.55 Å². The fourth-order valence-electron chi connectivity index (χ4n) is 0.387. The summed E-state index contributed by atoms with van der Waals surface area (Å²) in [5, 5.41) is 0. The van der Waals surface area contributed by atoms with Gasteiger partial charge in [-0.25, -0.2) is 13.7 Å². The Morgan fingerprint density at radius 3 is 2.92 bits per heavy atom. The molecule has 68 valence electrons. The van der Waals surface area contributed by atoms with Crippen molar-refractivity contribution < 1.29 is 18.3 Å². The van der Waals surface area contributed by atoms with E-state index in [1.807, 2.05) is 0 Å². The Morgan fingerprint density at radius 2 is 2.42 bits per heavy atom. The first-order valence-electron chi connectivity index (χ1n) is 3.08. The Morgan fingerprint density at radius 1 is 1.75 bits per heavy atom. The van der Waals surface area contributed by atoms with Crippen LogP contribution in [0.2, 0.25) is 0 Å². The van der Waals surface area contributed by atoms with Gasteiger partial charge in [-0.2, -0.15) is 0 Å². The molecule has 0 radical (unpaired) electrons. The highest BCUT2D eigenvalue weighted by Gasteiger charge is 1.90. The summed E-state index contributed by atoms with van der Waals surface area (Å²) in [6.07, 6.45) is 0.321. The molecule has 2 N–H and O–H groups in total. The van der Waals surface area contributed by atoms with Crippen LogP contribution in [0.25, 0.3) is 0 Å². The van der Waals surface area contributed by atoms with Gasteiger partial charge in [0.1, 0.15) is 0 Å². The summed E-state index contributed by atoms with van der Waals surface area (Å²) in [6, 6.07) is 0. The van der Waals surface area contributed by atoms with E-state index < -0.39 is 17.2 Å². The van der Waals surface area contributed by atoms with E-state index >= 15 is 0 Å². The van der Waals surface area contributed by atoms with Crippen molar-refractivity contribution >= 4 is 17.2 Å². The second-order valence-electron chi connectivity index (χ2n) is 1.69. The first kappa shape index (κ1) is 11.1. The molecule has 0 aliphatic heterocycles. The molecule has 6 heteroatoms. The van der Waals surface area contributed by atoms with Gasteiger partial charge >= 0.3 is 5.97 Å². The minimum atomic E-state index is -2.02. The quantitative estimate of drug-likeness (QED) is 0.203. The zero-order chi connectivity index (χ0) is 9.40. The van der Waals surface area contributed by atoms with E-state index in [-0.39, 0.29) is 6.54 Å². The number of carbonyl (C=O) groups excluding carboxylic acids is 1. The standard InChI is InChI=1S/C6H9NO4S/c1-11-6(8)4-2-3-5-7-12(9)10/h7H,3,5H2,1H3,(H,9,10). The lowest BCUT2D eigenvalue weighted by Gasteiger charge is -1.91. The molecule has 1 atom stereocenters. The van der Waals surface area contributed by atoms with E-state index in [1.165, 1.54) is 7.11 Å². The monoisotopic (exact) mass is 191 g/mol. The molecule has 0 saturated carbocycles. The molecule has 0 rings (SSSR count). The number of hydrogen-bond donors (Lipinski definition) is 2. The van der Waals surface area contributed by atoms with Gasteiger partial charge in [-0.05, 0) is 0 Å². The van der Waals surface area contributed by atoms with Gasteiger partial charge in [0.15, 0.2) is 0 Å². The van der Waals surface area contributed by atoms with Crippen LogP contribution in [0.15, 0.2) is 0 Å². The van der Waals surface area contributed by atoms with Crippen LogP contribution in [-0.2, 0) is 20.8 Å². The number of hydrogen-bond acceptors (Lipinski definition) is 3. The molecule has 0 aromatic carbocycles. The molecule has 1 unspecified atom stereocenters. The SMILES string of the molecule is COC(=O)C#CCCNS(=O)O. The number of ether oxygens (including phenoxy) is 1. The highest BCUT2D eigenvalue weighted by atomic mass is 32.2. The molecule has 0 aromatic heterocycles. The van der Waals surface area contributed by atoms with Crippen molar-refractivity contribution in [3.63, 3.8) is 0 Å². The highest BCUT2D eigenvalue weighted by Crippen LogP contribution is 1.74. The van der Waals surface area contributed by atoms with Crippen LogP contribution in [0, 0.1) is 11.8 Å². The Balaban J connectivity index is 3.46. The largest absolute Gasteiger partial charge is 0.459 e. The molecule has 12 heavy (non-hydrogen) atoms. The maximum Gasteiger partial charge on any atom is 0.384 e. The molecule has 0 fully saturated rings. The molecule has 0 saturated heterocycles. The van der Waals surface area contributed by atoms with E-state index in [9.17, 15) is 9.00 Å². The lowest BCUT2D eigenvalue weighted by Crippen LogP contribution is -2.16. The van der Waals surface area contributed by atoms with E-state index in [0.717, 1.165) is 0 Å². The van der Waals surface area contributed by atoms with Gasteiger partial charge in [-0.3, -0.25) is 4.55 Å². The van der Waals surface area contributed by atoms with Crippen molar-refractivity contribution in [2.45, 2.75) is 6.42 Å². The summed E-state index contributed by atoms with van der Waals surface area (Å²) in [5.41, 5.74) is 0. The third-order valence-corrected chi connectivity index (χ3v) is 1.30. The molecule has 0 bridgehead atoms. The Labute approximate surface area is 72.9 Å². The predicted molar refractivity (Wildman–Crippen MR) is 43.2 cm³/mol. The molecule has 0 heterocycles. The lowest BCUT2D eigenvalue weighted by atomic mass is 10.4. The first-order chi connectivity index (χ1) is 5.66. The van der Waals surface area contributed by atoms with Crippen LogP contribution in [-0.4, -0.2) is 28.4 Å². The Bertz CT molecular complexity index is 229. The lowest BCUT2D eigenvalue weighted by molar-refractivity contribution is -0.133.